The van der Waals surface area contributed by atoms with Crippen LogP contribution in [-0.4, -0.2) is 37.8 Å². The summed E-state index contributed by atoms with van der Waals surface area (Å²) in [6, 6.07) is 4.02. The van der Waals surface area contributed by atoms with Crippen LogP contribution in [0.3, 0.4) is 0 Å². The maximum atomic E-state index is 9.03. The molecule has 0 aromatic carbocycles. The van der Waals surface area contributed by atoms with Crippen molar-refractivity contribution in [3.05, 3.63) is 29.1 Å². The molecule has 21 heavy (non-hydrogen) atoms. The maximum Gasteiger partial charge on any atom is 0.184 e. The minimum absolute atomic E-state index is 0.0719. The summed E-state index contributed by atoms with van der Waals surface area (Å²) in [7, 11) is 0. The molecule has 6 heteroatoms. The molecular weight excluding hydrogens is 266 g/mol. The number of nitrogens with zero attached hydrogens (tertiary/aromatic N) is 4. The van der Waals surface area contributed by atoms with E-state index in [1.54, 1.807) is 4.52 Å². The van der Waals surface area contributed by atoms with Gasteiger partial charge in [0.15, 0.2) is 11.3 Å². The lowest BCUT2D eigenvalue weighted by atomic mass is 10.2. The summed E-state index contributed by atoms with van der Waals surface area (Å²) in [6.07, 6.45) is 0.843. The summed E-state index contributed by atoms with van der Waals surface area (Å²) in [5, 5.41) is 17.8. The van der Waals surface area contributed by atoms with Crippen molar-refractivity contribution in [3.8, 4) is 0 Å². The second-order valence-electron chi connectivity index (χ2n) is 5.15. The fourth-order valence-electron chi connectivity index (χ4n) is 2.56. The number of nitrogens with one attached hydrogen (secondary N) is 1. The predicted octanol–water partition coefficient (Wildman–Crippen LogP) is 1.86. The van der Waals surface area contributed by atoms with Gasteiger partial charge in [0.2, 0.25) is 0 Å². The van der Waals surface area contributed by atoms with E-state index in [-0.39, 0.29) is 6.61 Å². The predicted molar refractivity (Wildman–Crippen MR) is 82.7 cm³/mol. The minimum Gasteiger partial charge on any atom is -0.395 e. The third kappa shape index (κ3) is 2.31. The SMILES string of the molecule is CCc1cc(NCCO)n2nc3nc(C)cc(C)c3c2n1. The van der Waals surface area contributed by atoms with Gasteiger partial charge in [0, 0.05) is 24.0 Å². The molecule has 0 aliphatic carbocycles. The Kier molecular flexibility index (Phi) is 3.47. The number of hydrogen-bond acceptors (Lipinski definition) is 5. The Morgan fingerprint density at radius 2 is 2.05 bits per heavy atom. The van der Waals surface area contributed by atoms with Crippen molar-refractivity contribution in [3.63, 3.8) is 0 Å². The molecule has 0 radical (unpaired) electrons. The van der Waals surface area contributed by atoms with Gasteiger partial charge in [-0.3, -0.25) is 0 Å². The van der Waals surface area contributed by atoms with Crippen LogP contribution < -0.4 is 5.32 Å². The van der Waals surface area contributed by atoms with Gasteiger partial charge in [0.05, 0.1) is 12.0 Å². The highest BCUT2D eigenvalue weighted by Crippen LogP contribution is 2.24. The van der Waals surface area contributed by atoms with E-state index in [1.165, 1.54) is 0 Å². The molecule has 0 aliphatic heterocycles. The fraction of sp³-hybridized carbons (Fsp3) is 0.400. The van der Waals surface area contributed by atoms with Gasteiger partial charge in [-0.15, -0.1) is 5.10 Å². The van der Waals surface area contributed by atoms with Crippen LogP contribution in [0.4, 0.5) is 5.82 Å². The molecule has 0 fully saturated rings. The van der Waals surface area contributed by atoms with E-state index in [4.69, 9.17) is 10.1 Å². The molecule has 6 nitrogen and oxygen atoms in total. The number of hydrogen-bond donors (Lipinski definition) is 2. The number of pyridine rings is 1. The molecule has 0 bridgehead atoms. The summed E-state index contributed by atoms with van der Waals surface area (Å²) in [5.74, 6) is 0.834. The average Bonchev–Trinajstić information content (AvgIpc) is 2.82. The van der Waals surface area contributed by atoms with Crippen molar-refractivity contribution in [1.29, 1.82) is 0 Å². The highest BCUT2D eigenvalue weighted by molar-refractivity contribution is 5.93. The highest BCUT2D eigenvalue weighted by atomic mass is 16.3. The Morgan fingerprint density at radius 1 is 1.24 bits per heavy atom. The zero-order valence-electron chi connectivity index (χ0n) is 12.5. The molecule has 0 saturated carbocycles. The van der Waals surface area contributed by atoms with Crippen LogP contribution in [0.25, 0.3) is 16.7 Å². The van der Waals surface area contributed by atoms with Gasteiger partial charge in [-0.1, -0.05) is 6.92 Å². The molecule has 3 heterocycles. The number of aromatic nitrogens is 4. The largest absolute Gasteiger partial charge is 0.395 e. The molecule has 0 unspecified atom stereocenters. The molecule has 2 N–H and O–H groups in total. The number of fused-ring (bicyclic) bond motifs is 3. The Balaban J connectivity index is 2.34. The van der Waals surface area contributed by atoms with Crippen LogP contribution in [0, 0.1) is 13.8 Å². The first-order valence-corrected chi connectivity index (χ1v) is 7.15. The van der Waals surface area contributed by atoms with Crippen LogP contribution in [-0.2, 0) is 6.42 Å². The molecule has 0 aliphatic rings. The smallest absolute Gasteiger partial charge is 0.184 e. The average molecular weight is 285 g/mol. The highest BCUT2D eigenvalue weighted by Gasteiger charge is 2.14. The summed E-state index contributed by atoms with van der Waals surface area (Å²) < 4.78 is 1.78. The zero-order chi connectivity index (χ0) is 15.0. The lowest BCUT2D eigenvalue weighted by Crippen LogP contribution is -2.11. The summed E-state index contributed by atoms with van der Waals surface area (Å²) in [5.41, 5.74) is 4.59. The van der Waals surface area contributed by atoms with Crippen LogP contribution in [0.1, 0.15) is 23.9 Å². The van der Waals surface area contributed by atoms with Crippen molar-refractivity contribution in [2.24, 2.45) is 0 Å². The number of anilines is 1. The topological polar surface area (TPSA) is 75.3 Å². The second kappa shape index (κ2) is 5.29. The first-order chi connectivity index (χ1) is 10.1. The lowest BCUT2D eigenvalue weighted by Gasteiger charge is -2.08. The second-order valence-corrected chi connectivity index (χ2v) is 5.15. The molecular formula is C15H19N5O. The third-order valence-electron chi connectivity index (χ3n) is 3.51. The number of aryl methyl sites for hydroxylation is 3. The van der Waals surface area contributed by atoms with Crippen molar-refractivity contribution >= 4 is 22.5 Å². The van der Waals surface area contributed by atoms with E-state index >= 15 is 0 Å². The third-order valence-corrected chi connectivity index (χ3v) is 3.51. The molecule has 0 spiro atoms. The van der Waals surface area contributed by atoms with E-state index in [1.807, 2.05) is 19.1 Å². The Labute approximate surface area is 122 Å². The van der Waals surface area contributed by atoms with Crippen LogP contribution in [0.15, 0.2) is 12.1 Å². The minimum atomic E-state index is 0.0719. The van der Waals surface area contributed by atoms with Crippen molar-refractivity contribution in [1.82, 2.24) is 19.6 Å². The van der Waals surface area contributed by atoms with Gasteiger partial charge in [0.25, 0.3) is 0 Å². The van der Waals surface area contributed by atoms with E-state index in [9.17, 15) is 0 Å². The van der Waals surface area contributed by atoms with E-state index < -0.39 is 0 Å². The zero-order valence-corrected chi connectivity index (χ0v) is 12.5. The fourth-order valence-corrected chi connectivity index (χ4v) is 2.56. The molecule has 0 saturated heterocycles. The quantitative estimate of drug-likeness (QED) is 0.765. The summed E-state index contributed by atoms with van der Waals surface area (Å²) >= 11 is 0. The standard InChI is InChI=1S/C15H19N5O/c1-4-11-8-12(16-5-6-21)20-15(18-11)13-9(2)7-10(3)17-14(13)19-20/h7-8,16,21H,4-6H2,1-3H3. The molecule has 3 rings (SSSR count). The summed E-state index contributed by atoms with van der Waals surface area (Å²) in [4.78, 5) is 9.20. The number of aliphatic hydroxyl groups is 1. The number of aliphatic hydroxyl groups excluding tert-OH is 1. The lowest BCUT2D eigenvalue weighted by molar-refractivity contribution is 0.311. The molecule has 3 aromatic heterocycles. The van der Waals surface area contributed by atoms with E-state index in [0.29, 0.717) is 12.2 Å². The molecule has 110 valence electrons. The van der Waals surface area contributed by atoms with Gasteiger partial charge in [-0.2, -0.15) is 4.52 Å². The van der Waals surface area contributed by atoms with Crippen LogP contribution in [0.2, 0.25) is 0 Å². The molecule has 3 aromatic rings. The molecule has 0 atom stereocenters. The van der Waals surface area contributed by atoms with Crippen LogP contribution in [0.5, 0.6) is 0 Å². The van der Waals surface area contributed by atoms with E-state index in [0.717, 1.165) is 40.2 Å². The van der Waals surface area contributed by atoms with Crippen LogP contribution >= 0.6 is 0 Å². The molecule has 0 amide bonds. The Hall–Kier alpha value is -2.21. The van der Waals surface area contributed by atoms with Crippen molar-refractivity contribution in [2.45, 2.75) is 27.2 Å². The van der Waals surface area contributed by atoms with Gasteiger partial charge in [0.1, 0.15) is 5.82 Å². The monoisotopic (exact) mass is 285 g/mol. The summed E-state index contributed by atoms with van der Waals surface area (Å²) in [6.45, 7) is 6.64. The number of rotatable bonds is 4. The first-order valence-electron chi connectivity index (χ1n) is 7.15. The maximum absolute atomic E-state index is 9.03. The van der Waals surface area contributed by atoms with Gasteiger partial charge in [-0.05, 0) is 31.9 Å². The first kappa shape index (κ1) is 13.8. The van der Waals surface area contributed by atoms with Gasteiger partial charge >= 0.3 is 0 Å². The Bertz CT molecular complexity index is 809. The van der Waals surface area contributed by atoms with E-state index in [2.05, 4.69) is 29.2 Å². The van der Waals surface area contributed by atoms with Gasteiger partial charge < -0.3 is 10.4 Å². The van der Waals surface area contributed by atoms with Crippen molar-refractivity contribution in [2.75, 3.05) is 18.5 Å². The Morgan fingerprint density at radius 3 is 2.76 bits per heavy atom. The van der Waals surface area contributed by atoms with Crippen molar-refractivity contribution < 1.29 is 5.11 Å². The normalized spacial score (nSPS) is 11.4. The van der Waals surface area contributed by atoms with Gasteiger partial charge in [-0.25, -0.2) is 9.97 Å².